The van der Waals surface area contributed by atoms with E-state index in [1.165, 1.54) is 17.2 Å². The summed E-state index contributed by atoms with van der Waals surface area (Å²) in [5.74, 6) is 0.463. The van der Waals surface area contributed by atoms with Gasteiger partial charge in [0.2, 0.25) is 11.9 Å². The molecule has 9 nitrogen and oxygen atoms in total. The van der Waals surface area contributed by atoms with Crippen LogP contribution in [0.15, 0.2) is 18.1 Å². The number of nitrogens with one attached hydrogen (secondary N) is 1. The molecule has 1 spiro atoms. The molecule has 0 bridgehead atoms. The Bertz CT molecular complexity index is 790. The van der Waals surface area contributed by atoms with Crippen LogP contribution in [0.5, 0.6) is 0 Å². The van der Waals surface area contributed by atoms with Gasteiger partial charge >= 0.3 is 0 Å². The van der Waals surface area contributed by atoms with E-state index in [2.05, 4.69) is 22.3 Å². The number of aliphatic hydroxyl groups is 1. The molecule has 2 fully saturated rings. The van der Waals surface area contributed by atoms with Gasteiger partial charge in [-0.15, -0.1) is 0 Å². The quantitative estimate of drug-likeness (QED) is 0.801. The summed E-state index contributed by atoms with van der Waals surface area (Å²) >= 11 is 0. The summed E-state index contributed by atoms with van der Waals surface area (Å²) in [5.41, 5.74) is 0.228. The highest BCUT2D eigenvalue weighted by atomic mass is 16.3. The number of aliphatic hydroxyl groups excluding tert-OH is 1. The van der Waals surface area contributed by atoms with Crippen molar-refractivity contribution in [3.05, 3.63) is 18.1 Å². The van der Waals surface area contributed by atoms with Crippen LogP contribution in [-0.2, 0) is 9.59 Å². The van der Waals surface area contributed by atoms with E-state index in [0.717, 1.165) is 45.2 Å². The largest absolute Gasteiger partial charge is 0.367 e. The maximum Gasteiger partial charge on any atom is 0.255 e. The number of piperidine rings is 2. The number of unbranched alkanes of at least 4 members (excludes halogenated alkanes) is 1. The van der Waals surface area contributed by atoms with Crippen LogP contribution >= 0.6 is 0 Å². The normalized spacial score (nSPS) is 27.4. The minimum Gasteiger partial charge on any atom is -0.367 e. The van der Waals surface area contributed by atoms with Gasteiger partial charge in [-0.25, -0.2) is 0 Å². The first-order valence-electron chi connectivity index (χ1n) is 10.1. The van der Waals surface area contributed by atoms with Crippen LogP contribution in [-0.4, -0.2) is 67.7 Å². The van der Waals surface area contributed by atoms with E-state index >= 15 is 0 Å². The molecule has 0 saturated carbocycles. The number of carbonyl (C=O) groups is 2. The van der Waals surface area contributed by atoms with E-state index in [1.807, 2.05) is 9.80 Å². The molecule has 2 unspecified atom stereocenters. The predicted molar refractivity (Wildman–Crippen MR) is 102 cm³/mol. The maximum atomic E-state index is 13.2. The number of anilines is 1. The molecule has 0 radical (unpaired) electrons. The lowest BCUT2D eigenvalue weighted by atomic mass is 9.73. The van der Waals surface area contributed by atoms with E-state index in [-0.39, 0.29) is 22.8 Å². The summed E-state index contributed by atoms with van der Waals surface area (Å²) in [6.07, 6.45) is 7.11. The zero-order valence-corrected chi connectivity index (χ0v) is 16.3. The van der Waals surface area contributed by atoms with Crippen molar-refractivity contribution in [1.82, 2.24) is 24.6 Å². The summed E-state index contributed by atoms with van der Waals surface area (Å²) in [6.45, 7) is 4.94. The average molecular weight is 388 g/mol. The Hall–Kier alpha value is -2.42. The molecule has 0 aliphatic carbocycles. The van der Waals surface area contributed by atoms with Gasteiger partial charge in [0.25, 0.3) is 5.91 Å². The van der Waals surface area contributed by atoms with Crippen molar-refractivity contribution in [3.63, 3.8) is 0 Å². The fourth-order valence-electron chi connectivity index (χ4n) is 4.61. The molecule has 28 heavy (non-hydrogen) atoms. The Labute approximate surface area is 164 Å². The van der Waals surface area contributed by atoms with Crippen LogP contribution in [0.1, 0.15) is 51.7 Å². The van der Waals surface area contributed by atoms with Crippen molar-refractivity contribution in [2.75, 3.05) is 31.5 Å². The lowest BCUT2D eigenvalue weighted by Gasteiger charge is -2.48. The fraction of sp³-hybridized carbons (Fsp3) is 0.684. The van der Waals surface area contributed by atoms with Crippen LogP contribution in [0.4, 0.5) is 5.95 Å². The smallest absolute Gasteiger partial charge is 0.255 e. The zero-order chi connectivity index (χ0) is 19.7. The molecule has 3 aliphatic heterocycles. The van der Waals surface area contributed by atoms with Gasteiger partial charge < -0.3 is 20.2 Å². The molecule has 1 aromatic heterocycles. The molecule has 2 amide bonds. The number of carbonyl (C=O) groups excluding carboxylic acids is 2. The van der Waals surface area contributed by atoms with Crippen molar-refractivity contribution in [2.24, 2.45) is 5.41 Å². The van der Waals surface area contributed by atoms with Gasteiger partial charge in [0.15, 0.2) is 6.23 Å². The number of rotatable bonds is 4. The predicted octanol–water partition coefficient (Wildman–Crippen LogP) is 1.11. The molecule has 3 aliphatic rings. The molecule has 0 aromatic carbocycles. The first-order chi connectivity index (χ1) is 13.5. The summed E-state index contributed by atoms with van der Waals surface area (Å²) in [7, 11) is 0. The minimum absolute atomic E-state index is 0.0401. The number of amides is 2. The van der Waals surface area contributed by atoms with Gasteiger partial charge in [0.1, 0.15) is 6.33 Å². The zero-order valence-electron chi connectivity index (χ0n) is 16.3. The van der Waals surface area contributed by atoms with Gasteiger partial charge in [-0.3, -0.25) is 9.59 Å². The SMILES string of the molecule is CCCCN1CC2(CCCN(C(=O)C3=CNc4ncnn4C3O)C2)CCC1=O. The number of hydrogen-bond donors (Lipinski definition) is 2. The summed E-state index contributed by atoms with van der Waals surface area (Å²) in [5, 5.41) is 17.4. The Balaban J connectivity index is 1.47. The summed E-state index contributed by atoms with van der Waals surface area (Å²) in [4.78, 5) is 33.3. The molecule has 4 heterocycles. The van der Waals surface area contributed by atoms with Crippen molar-refractivity contribution < 1.29 is 14.7 Å². The number of fused-ring (bicyclic) bond motifs is 1. The van der Waals surface area contributed by atoms with Crippen LogP contribution in [0.3, 0.4) is 0 Å². The second-order valence-electron chi connectivity index (χ2n) is 8.15. The molecule has 4 rings (SSSR count). The minimum atomic E-state index is -1.14. The highest BCUT2D eigenvalue weighted by Crippen LogP contribution is 2.39. The molecule has 2 saturated heterocycles. The second kappa shape index (κ2) is 7.54. The molecule has 1 aromatic rings. The Kier molecular flexibility index (Phi) is 5.09. The molecular weight excluding hydrogens is 360 g/mol. The Morgan fingerprint density at radius 1 is 1.39 bits per heavy atom. The standard InChI is InChI=1S/C19H28N6O3/c1-2-3-8-23-11-19(7-5-15(23)26)6-4-9-24(12-19)16(27)14-10-20-18-21-13-22-25(18)17(14)28/h10,13,17,28H,2-9,11-12H2,1H3,(H,20,21,22). The third-order valence-corrected chi connectivity index (χ3v) is 6.16. The fourth-order valence-corrected chi connectivity index (χ4v) is 4.61. The van der Waals surface area contributed by atoms with Crippen molar-refractivity contribution in [1.29, 1.82) is 0 Å². The third-order valence-electron chi connectivity index (χ3n) is 6.16. The van der Waals surface area contributed by atoms with Crippen molar-refractivity contribution >= 4 is 17.8 Å². The molecule has 152 valence electrons. The van der Waals surface area contributed by atoms with Crippen LogP contribution < -0.4 is 5.32 Å². The molecular formula is C19H28N6O3. The topological polar surface area (TPSA) is 104 Å². The maximum absolute atomic E-state index is 13.2. The van der Waals surface area contributed by atoms with Crippen molar-refractivity contribution in [3.8, 4) is 0 Å². The van der Waals surface area contributed by atoms with Crippen LogP contribution in [0, 0.1) is 5.41 Å². The molecule has 2 N–H and O–H groups in total. The van der Waals surface area contributed by atoms with Gasteiger partial charge in [-0.2, -0.15) is 14.8 Å². The second-order valence-corrected chi connectivity index (χ2v) is 8.15. The van der Waals surface area contributed by atoms with E-state index in [1.54, 1.807) is 0 Å². The highest BCUT2D eigenvalue weighted by molar-refractivity contribution is 5.94. The van der Waals surface area contributed by atoms with E-state index in [0.29, 0.717) is 25.5 Å². The number of aromatic nitrogens is 3. The van der Waals surface area contributed by atoms with Gasteiger partial charge in [-0.05, 0) is 25.7 Å². The highest BCUT2D eigenvalue weighted by Gasteiger charge is 2.43. The van der Waals surface area contributed by atoms with E-state index in [4.69, 9.17) is 0 Å². The van der Waals surface area contributed by atoms with E-state index < -0.39 is 6.23 Å². The Morgan fingerprint density at radius 3 is 3.07 bits per heavy atom. The first-order valence-corrected chi connectivity index (χ1v) is 10.1. The Morgan fingerprint density at radius 2 is 2.25 bits per heavy atom. The number of likely N-dealkylation sites (tertiary alicyclic amines) is 2. The average Bonchev–Trinajstić information content (AvgIpc) is 3.19. The summed E-state index contributed by atoms with van der Waals surface area (Å²) in [6, 6.07) is 0. The monoisotopic (exact) mass is 388 g/mol. The lowest BCUT2D eigenvalue weighted by Crippen LogP contribution is -2.55. The van der Waals surface area contributed by atoms with E-state index in [9.17, 15) is 14.7 Å². The summed E-state index contributed by atoms with van der Waals surface area (Å²) < 4.78 is 1.30. The van der Waals surface area contributed by atoms with Gasteiger partial charge in [0.05, 0.1) is 5.57 Å². The van der Waals surface area contributed by atoms with Crippen LogP contribution in [0.2, 0.25) is 0 Å². The van der Waals surface area contributed by atoms with Gasteiger partial charge in [0, 0.05) is 44.2 Å². The van der Waals surface area contributed by atoms with Crippen LogP contribution in [0.25, 0.3) is 0 Å². The van der Waals surface area contributed by atoms with Crippen molar-refractivity contribution in [2.45, 2.75) is 51.7 Å². The van der Waals surface area contributed by atoms with Gasteiger partial charge in [-0.1, -0.05) is 13.3 Å². The molecule has 9 heteroatoms. The first kappa shape index (κ1) is 18.9. The number of hydrogen-bond acceptors (Lipinski definition) is 6. The molecule has 2 atom stereocenters. The lowest BCUT2D eigenvalue weighted by molar-refractivity contribution is -0.142. The number of nitrogens with zero attached hydrogens (tertiary/aromatic N) is 5. The third kappa shape index (κ3) is 3.39.